The number of ether oxygens (including phenoxy) is 1. The molecule has 5 heteroatoms. The fourth-order valence-corrected chi connectivity index (χ4v) is 3.25. The van der Waals surface area contributed by atoms with Crippen LogP contribution in [0.5, 0.6) is 5.75 Å². The normalized spacial score (nSPS) is 12.5. The van der Waals surface area contributed by atoms with E-state index < -0.39 is 0 Å². The summed E-state index contributed by atoms with van der Waals surface area (Å²) < 4.78 is 5.86. The molecule has 0 radical (unpaired) electrons. The molecule has 3 aromatic rings. The highest BCUT2D eigenvalue weighted by Gasteiger charge is 2.19. The minimum atomic E-state index is -0.0930. The highest BCUT2D eigenvalue weighted by Crippen LogP contribution is 2.25. The number of carbonyl (C=O) groups is 2. The van der Waals surface area contributed by atoms with Crippen molar-refractivity contribution in [2.45, 2.75) is 19.4 Å². The van der Waals surface area contributed by atoms with Gasteiger partial charge in [-0.15, -0.1) is 0 Å². The topological polar surface area (TPSA) is 67.4 Å². The lowest BCUT2D eigenvalue weighted by atomic mass is 10.1. The molecule has 0 fully saturated rings. The number of rotatable bonds is 6. The Morgan fingerprint density at radius 3 is 2.85 bits per heavy atom. The number of amides is 2. The van der Waals surface area contributed by atoms with Gasteiger partial charge < -0.3 is 15.4 Å². The molecule has 2 amide bonds. The number of fused-ring (bicyclic) bond motifs is 2. The zero-order valence-electron chi connectivity index (χ0n) is 14.8. The summed E-state index contributed by atoms with van der Waals surface area (Å²) in [4.78, 5) is 23.9. The van der Waals surface area contributed by atoms with Crippen molar-refractivity contribution in [3.05, 3.63) is 71.8 Å². The maximum absolute atomic E-state index is 12.2. The van der Waals surface area contributed by atoms with Crippen LogP contribution in [0, 0.1) is 0 Å². The number of anilines is 1. The van der Waals surface area contributed by atoms with Crippen molar-refractivity contribution in [2.75, 3.05) is 11.9 Å². The first-order valence-corrected chi connectivity index (χ1v) is 9.02. The Bertz CT molecular complexity index is 1010. The van der Waals surface area contributed by atoms with Gasteiger partial charge in [0.25, 0.3) is 5.91 Å². The first kappa shape index (κ1) is 17.1. The molecule has 0 saturated heterocycles. The van der Waals surface area contributed by atoms with Crippen LogP contribution in [0.1, 0.15) is 28.8 Å². The van der Waals surface area contributed by atoms with E-state index in [9.17, 15) is 9.59 Å². The van der Waals surface area contributed by atoms with Crippen LogP contribution < -0.4 is 15.4 Å². The van der Waals surface area contributed by atoms with Gasteiger partial charge >= 0.3 is 0 Å². The maximum atomic E-state index is 12.2. The Balaban J connectivity index is 1.29. The molecule has 0 saturated carbocycles. The second kappa shape index (κ2) is 7.50. The van der Waals surface area contributed by atoms with Crippen LogP contribution in [0.2, 0.25) is 0 Å². The number of hydrogen-bond acceptors (Lipinski definition) is 3. The van der Waals surface area contributed by atoms with Gasteiger partial charge in [-0.3, -0.25) is 9.59 Å². The summed E-state index contributed by atoms with van der Waals surface area (Å²) >= 11 is 0. The average molecular weight is 360 g/mol. The van der Waals surface area contributed by atoms with E-state index >= 15 is 0 Å². The third kappa shape index (κ3) is 3.77. The van der Waals surface area contributed by atoms with Crippen molar-refractivity contribution in [1.82, 2.24) is 5.32 Å². The Kier molecular flexibility index (Phi) is 4.75. The van der Waals surface area contributed by atoms with E-state index in [4.69, 9.17) is 4.74 Å². The molecule has 5 nitrogen and oxygen atoms in total. The molecule has 0 aromatic heterocycles. The monoisotopic (exact) mass is 360 g/mol. The molecule has 0 aliphatic carbocycles. The summed E-state index contributed by atoms with van der Waals surface area (Å²) in [6, 6.07) is 19.4. The Morgan fingerprint density at radius 2 is 1.93 bits per heavy atom. The number of carbonyl (C=O) groups excluding carboxylic acids is 2. The lowest BCUT2D eigenvalue weighted by Crippen LogP contribution is -2.14. The summed E-state index contributed by atoms with van der Waals surface area (Å²) in [5.74, 6) is 0.651. The van der Waals surface area contributed by atoms with Crippen molar-refractivity contribution in [3.63, 3.8) is 0 Å². The lowest BCUT2D eigenvalue weighted by molar-refractivity contribution is -0.116. The molecule has 0 unspecified atom stereocenters. The third-order valence-corrected chi connectivity index (χ3v) is 4.63. The summed E-state index contributed by atoms with van der Waals surface area (Å²) in [7, 11) is 0. The molecular weight excluding hydrogens is 340 g/mol. The van der Waals surface area contributed by atoms with Crippen molar-refractivity contribution < 1.29 is 14.3 Å². The minimum Gasteiger partial charge on any atom is -0.493 e. The average Bonchev–Trinajstić information content (AvgIpc) is 3.06. The smallest absolute Gasteiger partial charge is 0.251 e. The van der Waals surface area contributed by atoms with Gasteiger partial charge in [0.2, 0.25) is 5.91 Å². The molecule has 0 spiro atoms. The molecule has 2 N–H and O–H groups in total. The van der Waals surface area contributed by atoms with Gasteiger partial charge in [-0.25, -0.2) is 0 Å². The Morgan fingerprint density at radius 1 is 1.07 bits per heavy atom. The van der Waals surface area contributed by atoms with E-state index in [2.05, 4.69) is 10.6 Å². The first-order chi connectivity index (χ1) is 13.2. The highest BCUT2D eigenvalue weighted by atomic mass is 16.5. The van der Waals surface area contributed by atoms with E-state index in [1.807, 2.05) is 54.6 Å². The largest absolute Gasteiger partial charge is 0.493 e. The highest BCUT2D eigenvalue weighted by molar-refractivity contribution is 6.00. The third-order valence-electron chi connectivity index (χ3n) is 4.63. The molecule has 1 aliphatic rings. The second-order valence-corrected chi connectivity index (χ2v) is 6.53. The van der Waals surface area contributed by atoms with Gasteiger partial charge in [-0.2, -0.15) is 0 Å². The zero-order chi connectivity index (χ0) is 18.6. The predicted molar refractivity (Wildman–Crippen MR) is 105 cm³/mol. The molecule has 136 valence electrons. The van der Waals surface area contributed by atoms with Gasteiger partial charge in [0, 0.05) is 29.6 Å². The van der Waals surface area contributed by atoms with Gasteiger partial charge in [-0.05, 0) is 35.6 Å². The summed E-state index contributed by atoms with van der Waals surface area (Å²) in [5.41, 5.74) is 2.24. The molecular formula is C22H20N2O3. The number of hydrogen-bond donors (Lipinski definition) is 2. The predicted octanol–water partition coefficient (Wildman–Crippen LogP) is 3.88. The van der Waals surface area contributed by atoms with Gasteiger partial charge in [0.1, 0.15) is 5.75 Å². The quantitative estimate of drug-likeness (QED) is 0.656. The minimum absolute atomic E-state index is 0.0881. The van der Waals surface area contributed by atoms with Crippen molar-refractivity contribution in [1.29, 1.82) is 0 Å². The van der Waals surface area contributed by atoms with Gasteiger partial charge in [0.05, 0.1) is 6.61 Å². The Hall–Kier alpha value is -3.34. The van der Waals surface area contributed by atoms with E-state index in [0.717, 1.165) is 22.1 Å². The lowest BCUT2D eigenvalue weighted by Gasteiger charge is -2.10. The second-order valence-electron chi connectivity index (χ2n) is 6.53. The summed E-state index contributed by atoms with van der Waals surface area (Å²) in [6.07, 6.45) is 0.967. The molecule has 1 heterocycles. The van der Waals surface area contributed by atoms with Crippen LogP contribution in [0.3, 0.4) is 0 Å². The van der Waals surface area contributed by atoms with Gasteiger partial charge in [-0.1, -0.05) is 42.5 Å². The van der Waals surface area contributed by atoms with E-state index in [1.165, 1.54) is 0 Å². The van der Waals surface area contributed by atoms with E-state index in [-0.39, 0.29) is 11.8 Å². The van der Waals surface area contributed by atoms with Crippen LogP contribution in [-0.4, -0.2) is 18.4 Å². The zero-order valence-corrected chi connectivity index (χ0v) is 14.8. The molecule has 0 bridgehead atoms. The van der Waals surface area contributed by atoms with Crippen molar-refractivity contribution >= 4 is 28.3 Å². The summed E-state index contributed by atoms with van der Waals surface area (Å²) in [5, 5.41) is 7.82. The van der Waals surface area contributed by atoms with Crippen LogP contribution in [0.25, 0.3) is 10.8 Å². The van der Waals surface area contributed by atoms with E-state index in [1.54, 1.807) is 6.07 Å². The molecule has 0 atom stereocenters. The van der Waals surface area contributed by atoms with Crippen molar-refractivity contribution in [3.8, 4) is 5.75 Å². The molecule has 1 aliphatic heterocycles. The van der Waals surface area contributed by atoms with E-state index in [0.29, 0.717) is 37.2 Å². The number of benzene rings is 3. The van der Waals surface area contributed by atoms with Crippen LogP contribution in [0.4, 0.5) is 5.69 Å². The van der Waals surface area contributed by atoms with Crippen LogP contribution in [-0.2, 0) is 11.3 Å². The van der Waals surface area contributed by atoms with Gasteiger partial charge in [0.15, 0.2) is 0 Å². The summed E-state index contributed by atoms with van der Waals surface area (Å²) in [6.45, 7) is 1.02. The first-order valence-electron chi connectivity index (χ1n) is 9.02. The number of nitrogens with one attached hydrogen (secondary N) is 2. The fourth-order valence-electron chi connectivity index (χ4n) is 3.25. The molecule has 4 rings (SSSR count). The van der Waals surface area contributed by atoms with Crippen LogP contribution in [0.15, 0.2) is 60.7 Å². The maximum Gasteiger partial charge on any atom is 0.251 e. The Labute approximate surface area is 157 Å². The SMILES string of the molecule is O=C(CCCOc1cccc2ccccc12)Nc1ccc2c(c1)C(=O)NC2. The molecule has 3 aromatic carbocycles. The van der Waals surface area contributed by atoms with Crippen LogP contribution >= 0.6 is 0 Å². The van der Waals surface area contributed by atoms with Crippen molar-refractivity contribution in [2.24, 2.45) is 0 Å². The fraction of sp³-hybridized carbons (Fsp3) is 0.182. The molecule has 27 heavy (non-hydrogen) atoms. The standard InChI is InChI=1S/C22H20N2O3/c25-21(24-17-11-10-16-14-23-22(26)19(16)13-17)9-4-12-27-20-8-3-6-15-5-1-2-7-18(15)20/h1-3,5-8,10-11,13H,4,9,12,14H2,(H,23,26)(H,24,25).